The van der Waals surface area contributed by atoms with Crippen molar-refractivity contribution < 1.29 is 18.7 Å². The summed E-state index contributed by atoms with van der Waals surface area (Å²) in [4.78, 5) is 45.8. The molecule has 40 heavy (non-hydrogen) atoms. The fraction of sp³-hybridized carbons (Fsp3) is 0.250. The highest BCUT2D eigenvalue weighted by Crippen LogP contribution is 2.15. The fourth-order valence-corrected chi connectivity index (χ4v) is 3.48. The molecule has 0 saturated carbocycles. The molecule has 2 aromatic heterocycles. The van der Waals surface area contributed by atoms with Crippen LogP contribution in [0.5, 0.6) is 5.88 Å². The van der Waals surface area contributed by atoms with Crippen molar-refractivity contribution in [1.82, 2.24) is 19.1 Å². The minimum Gasteiger partial charge on any atom is -0.469 e. The van der Waals surface area contributed by atoms with Gasteiger partial charge in [-0.3, -0.25) is 9.36 Å². The average molecular weight is 570 g/mol. The van der Waals surface area contributed by atoms with Gasteiger partial charge in [-0.05, 0) is 48.9 Å². The molecule has 0 bridgehead atoms. The van der Waals surface area contributed by atoms with Gasteiger partial charge < -0.3 is 14.8 Å². The van der Waals surface area contributed by atoms with Crippen LogP contribution in [0, 0.1) is 24.6 Å². The van der Waals surface area contributed by atoms with Crippen molar-refractivity contribution in [2.24, 2.45) is 5.92 Å². The Labute approximate surface area is 235 Å². The molecule has 1 atom stereocenters. The van der Waals surface area contributed by atoms with E-state index in [1.807, 2.05) is 0 Å². The highest BCUT2D eigenvalue weighted by atomic mass is 35.5. The predicted octanol–water partition coefficient (Wildman–Crippen LogP) is 3.65. The van der Waals surface area contributed by atoms with Crippen LogP contribution < -0.4 is 21.4 Å². The van der Waals surface area contributed by atoms with Gasteiger partial charge >= 0.3 is 17.3 Å². The van der Waals surface area contributed by atoms with E-state index in [4.69, 9.17) is 21.1 Å². The third-order valence-corrected chi connectivity index (χ3v) is 5.60. The van der Waals surface area contributed by atoms with E-state index in [1.54, 1.807) is 56.3 Å². The maximum atomic E-state index is 13.8. The number of carbonyl (C=O) groups excluding carboxylic acids is 1. The highest BCUT2D eigenvalue weighted by Gasteiger charge is 2.19. The van der Waals surface area contributed by atoms with Crippen LogP contribution >= 0.6 is 11.6 Å². The number of terminal acetylenes is 1. The Kier molecular flexibility index (Phi) is 12.3. The topological polar surface area (TPSA) is 117 Å². The summed E-state index contributed by atoms with van der Waals surface area (Å²) in [5.41, 5.74) is -0.719. The first-order valence-corrected chi connectivity index (χ1v) is 12.3. The number of pyridine rings is 1. The Morgan fingerprint density at radius 2 is 1.90 bits per heavy atom. The smallest absolute Gasteiger partial charge is 0.354 e. The Balaban J connectivity index is 0.00000274. The number of halogens is 2. The van der Waals surface area contributed by atoms with Gasteiger partial charge in [0.25, 0.3) is 5.88 Å². The summed E-state index contributed by atoms with van der Waals surface area (Å²) >= 11 is 5.98. The molecule has 0 unspecified atom stereocenters. The van der Waals surface area contributed by atoms with Crippen LogP contribution in [0.15, 0.2) is 76.2 Å². The molecule has 1 N–H and O–H groups in total. The van der Waals surface area contributed by atoms with Gasteiger partial charge in [-0.25, -0.2) is 23.5 Å². The van der Waals surface area contributed by atoms with Crippen LogP contribution in [-0.2, 0) is 22.6 Å². The van der Waals surface area contributed by atoms with E-state index in [1.165, 1.54) is 30.0 Å². The summed E-state index contributed by atoms with van der Waals surface area (Å²) < 4.78 is 26.2. The number of nitrogens with one attached hydrogen (secondary N) is 1. The molecule has 0 aliphatic heterocycles. The number of methoxy groups -OCH3 is 1. The summed E-state index contributed by atoms with van der Waals surface area (Å²) in [6.07, 6.45) is 14.3. The minimum atomic E-state index is -0.812. The van der Waals surface area contributed by atoms with Crippen LogP contribution in [0.1, 0.15) is 19.4 Å². The Bertz CT molecular complexity index is 1500. The summed E-state index contributed by atoms with van der Waals surface area (Å²) in [5.74, 6) is -1.69. The quantitative estimate of drug-likeness (QED) is 0.161. The molecular weight excluding hydrogens is 541 g/mol. The maximum Gasteiger partial charge on any atom is 0.354 e. The van der Waals surface area contributed by atoms with E-state index in [9.17, 15) is 18.8 Å². The fourth-order valence-electron chi connectivity index (χ4n) is 3.36. The normalized spacial score (nSPS) is 11.8. The monoisotopic (exact) mass is 569 g/mol. The first kappa shape index (κ1) is 31.5. The van der Waals surface area contributed by atoms with Crippen molar-refractivity contribution in [2.75, 3.05) is 19.0 Å². The van der Waals surface area contributed by atoms with Gasteiger partial charge in [0.05, 0.1) is 19.6 Å². The number of hydrogen-bond donors (Lipinski definition) is 1. The number of rotatable bonds is 11. The van der Waals surface area contributed by atoms with Gasteiger partial charge in [-0.1, -0.05) is 36.7 Å². The third kappa shape index (κ3) is 8.68. The standard InChI is InChI=1S/C26H27ClFN5O5.C2H2/c1-4-20(38-22-21(28)8-6-13-29-22)7-5-14-30-24-31-25(35)33(15-17(2)23(34)37-3)26(36)32(24)16-18-9-11-19(27)12-10-18;1-2/h4-13,17H,14-16H2,1-3H3,(H,30,31,35);1-2H/b7-5-,20-4+;/t17-;/m0./s1. The average Bonchev–Trinajstić information content (AvgIpc) is 2.96. The number of nitrogens with zero attached hydrogens (tertiary/aromatic N) is 4. The van der Waals surface area contributed by atoms with Gasteiger partial charge in [0, 0.05) is 24.3 Å². The van der Waals surface area contributed by atoms with Gasteiger partial charge in [0.15, 0.2) is 5.82 Å². The van der Waals surface area contributed by atoms with Crippen molar-refractivity contribution >= 4 is 23.5 Å². The van der Waals surface area contributed by atoms with Crippen molar-refractivity contribution in [3.8, 4) is 18.7 Å². The second-order valence-corrected chi connectivity index (χ2v) is 8.55. The first-order chi connectivity index (χ1) is 19.2. The van der Waals surface area contributed by atoms with Crippen LogP contribution in [0.25, 0.3) is 0 Å². The molecular formula is C28H29ClFN5O5. The lowest BCUT2D eigenvalue weighted by molar-refractivity contribution is -0.145. The highest BCUT2D eigenvalue weighted by molar-refractivity contribution is 6.30. The molecule has 3 aromatic rings. The number of benzene rings is 1. The summed E-state index contributed by atoms with van der Waals surface area (Å²) in [5, 5.41) is 3.49. The molecule has 210 valence electrons. The zero-order valence-electron chi connectivity index (χ0n) is 22.2. The van der Waals surface area contributed by atoms with Crippen LogP contribution in [0.2, 0.25) is 5.02 Å². The molecule has 0 aliphatic carbocycles. The van der Waals surface area contributed by atoms with Crippen LogP contribution in [-0.4, -0.2) is 38.7 Å². The zero-order valence-corrected chi connectivity index (χ0v) is 23.0. The van der Waals surface area contributed by atoms with Crippen LogP contribution in [0.4, 0.5) is 10.3 Å². The maximum absolute atomic E-state index is 13.8. The van der Waals surface area contributed by atoms with E-state index < -0.39 is 29.1 Å². The summed E-state index contributed by atoms with van der Waals surface area (Å²) in [6, 6.07) is 9.56. The summed E-state index contributed by atoms with van der Waals surface area (Å²) in [6.45, 7) is 3.32. The van der Waals surface area contributed by atoms with Crippen LogP contribution in [0.3, 0.4) is 0 Å². The van der Waals surface area contributed by atoms with Crippen molar-refractivity contribution in [3.63, 3.8) is 0 Å². The second-order valence-electron chi connectivity index (χ2n) is 8.11. The molecule has 2 heterocycles. The molecule has 3 rings (SSSR count). The molecule has 0 radical (unpaired) electrons. The Morgan fingerprint density at radius 1 is 1.20 bits per heavy atom. The largest absolute Gasteiger partial charge is 0.469 e. The van der Waals surface area contributed by atoms with Gasteiger partial charge in [0.2, 0.25) is 5.95 Å². The number of hydrogen-bond acceptors (Lipinski definition) is 8. The van der Waals surface area contributed by atoms with Gasteiger partial charge in [-0.15, -0.1) is 12.8 Å². The number of carbonyl (C=O) groups is 1. The van der Waals surface area contributed by atoms with Crippen molar-refractivity contribution in [3.05, 3.63) is 104 Å². The number of allylic oxidation sites excluding steroid dienone is 2. The summed E-state index contributed by atoms with van der Waals surface area (Å²) in [7, 11) is 1.23. The number of esters is 1. The molecule has 0 spiro atoms. The van der Waals surface area contributed by atoms with E-state index in [0.29, 0.717) is 10.8 Å². The lowest BCUT2D eigenvalue weighted by atomic mass is 10.2. The van der Waals surface area contributed by atoms with E-state index in [-0.39, 0.29) is 31.5 Å². The first-order valence-electron chi connectivity index (χ1n) is 12.0. The third-order valence-electron chi connectivity index (χ3n) is 5.35. The minimum absolute atomic E-state index is 0.0280. The molecule has 0 amide bonds. The molecule has 12 heteroatoms. The van der Waals surface area contributed by atoms with Gasteiger partial charge in [0.1, 0.15) is 5.76 Å². The molecule has 0 saturated heterocycles. The zero-order chi connectivity index (χ0) is 29.7. The number of anilines is 1. The lowest BCUT2D eigenvalue weighted by Crippen LogP contribution is -2.44. The molecule has 10 nitrogen and oxygen atoms in total. The second kappa shape index (κ2) is 15.7. The van der Waals surface area contributed by atoms with E-state index in [0.717, 1.165) is 10.1 Å². The van der Waals surface area contributed by atoms with E-state index in [2.05, 4.69) is 28.1 Å². The molecule has 0 fully saturated rings. The SMILES string of the molecule is C#C.C/C=C(\C=C/CNc1nc(=O)n(C[C@H](C)C(=O)OC)c(=O)n1Cc1ccc(Cl)cc1)Oc1ncccc1F. The predicted molar refractivity (Wildman–Crippen MR) is 151 cm³/mol. The number of aromatic nitrogens is 4. The lowest BCUT2D eigenvalue weighted by Gasteiger charge is -2.16. The van der Waals surface area contributed by atoms with Gasteiger partial charge in [-0.2, -0.15) is 4.98 Å². The Morgan fingerprint density at radius 3 is 2.52 bits per heavy atom. The van der Waals surface area contributed by atoms with Crippen molar-refractivity contribution in [2.45, 2.75) is 26.9 Å². The molecule has 1 aromatic carbocycles. The van der Waals surface area contributed by atoms with E-state index >= 15 is 0 Å². The number of ether oxygens (including phenoxy) is 2. The van der Waals surface area contributed by atoms with Crippen molar-refractivity contribution in [1.29, 1.82) is 0 Å². The Hall–Kier alpha value is -4.69. The molecule has 0 aliphatic rings.